The van der Waals surface area contributed by atoms with E-state index in [1.54, 1.807) is 23.5 Å². The third kappa shape index (κ3) is 3.17. The lowest BCUT2D eigenvalue weighted by Gasteiger charge is -2.27. The zero-order valence-electron chi connectivity index (χ0n) is 14.6. The molecular weight excluding hydrogens is 338 g/mol. The molecule has 2 unspecified atom stereocenters. The highest BCUT2D eigenvalue weighted by atomic mass is 32.1. The number of carbonyl (C=O) groups is 2. The van der Waals surface area contributed by atoms with Crippen molar-refractivity contribution in [1.82, 2.24) is 15.6 Å². The maximum atomic E-state index is 11.9. The van der Waals surface area contributed by atoms with Gasteiger partial charge in [0, 0.05) is 16.4 Å². The Morgan fingerprint density at radius 3 is 2.32 bits per heavy atom. The summed E-state index contributed by atoms with van der Waals surface area (Å²) in [5, 5.41) is 18.2. The first-order valence-corrected chi connectivity index (χ1v) is 8.87. The van der Waals surface area contributed by atoms with E-state index in [1.807, 2.05) is 12.1 Å². The van der Waals surface area contributed by atoms with Crippen LogP contribution in [0.2, 0.25) is 0 Å². The van der Waals surface area contributed by atoms with Crippen molar-refractivity contribution in [2.24, 2.45) is 0 Å². The molecule has 0 aliphatic carbocycles. The van der Waals surface area contributed by atoms with E-state index < -0.39 is 23.6 Å². The molecule has 0 bridgehead atoms. The Bertz CT molecular complexity index is 823. The Kier molecular flexibility index (Phi) is 4.17. The molecule has 1 aromatic heterocycles. The number of urea groups is 1. The minimum atomic E-state index is -1.38. The molecular formula is C18H21N3O3S. The molecule has 132 valence electrons. The third-order valence-corrected chi connectivity index (χ3v) is 5.26. The van der Waals surface area contributed by atoms with E-state index >= 15 is 0 Å². The summed E-state index contributed by atoms with van der Waals surface area (Å²) < 4.78 is 0. The van der Waals surface area contributed by atoms with Crippen LogP contribution < -0.4 is 10.6 Å². The average molecular weight is 359 g/mol. The molecule has 1 aromatic carbocycles. The maximum Gasteiger partial charge on any atom is 0.322 e. The first-order chi connectivity index (χ1) is 11.6. The number of hydrogen-bond donors (Lipinski definition) is 3. The van der Waals surface area contributed by atoms with Gasteiger partial charge in [-0.2, -0.15) is 0 Å². The van der Waals surface area contributed by atoms with Crippen molar-refractivity contribution in [2.75, 3.05) is 0 Å². The molecule has 3 amide bonds. The highest BCUT2D eigenvalue weighted by Gasteiger charge is 2.48. The van der Waals surface area contributed by atoms with Crippen LogP contribution in [0, 0.1) is 0 Å². The molecule has 6 nitrogen and oxygen atoms in total. The molecule has 3 rings (SSSR count). The van der Waals surface area contributed by atoms with Gasteiger partial charge in [0.05, 0.1) is 5.69 Å². The monoisotopic (exact) mass is 359 g/mol. The van der Waals surface area contributed by atoms with E-state index in [2.05, 4.69) is 41.8 Å². The van der Waals surface area contributed by atoms with Crippen molar-refractivity contribution in [3.05, 3.63) is 40.9 Å². The highest BCUT2D eigenvalue weighted by Crippen LogP contribution is 2.32. The lowest BCUT2D eigenvalue weighted by Crippen LogP contribution is -2.49. The van der Waals surface area contributed by atoms with Gasteiger partial charge in [-0.1, -0.05) is 45.0 Å². The lowest BCUT2D eigenvalue weighted by atomic mass is 9.89. The Morgan fingerprint density at radius 1 is 1.20 bits per heavy atom. The van der Waals surface area contributed by atoms with E-state index in [0.717, 1.165) is 16.3 Å². The first-order valence-electron chi connectivity index (χ1n) is 7.99. The molecule has 1 aliphatic heterocycles. The van der Waals surface area contributed by atoms with Crippen LogP contribution in [0.3, 0.4) is 0 Å². The lowest BCUT2D eigenvalue weighted by molar-refractivity contribution is -0.127. The van der Waals surface area contributed by atoms with E-state index in [4.69, 9.17) is 0 Å². The predicted octanol–water partition coefficient (Wildman–Crippen LogP) is 2.74. The number of imide groups is 1. The van der Waals surface area contributed by atoms with Gasteiger partial charge in [-0.05, 0) is 12.5 Å². The summed E-state index contributed by atoms with van der Waals surface area (Å²) in [7, 11) is 0. The Hall–Kier alpha value is -2.25. The van der Waals surface area contributed by atoms with Crippen LogP contribution in [0.4, 0.5) is 4.79 Å². The number of amides is 3. The molecule has 0 spiro atoms. The number of thiazole rings is 1. The summed E-state index contributed by atoms with van der Waals surface area (Å²) in [6, 6.07) is 6.63. The number of nitrogens with one attached hydrogen (secondary N) is 2. The Labute approximate surface area is 150 Å². The smallest absolute Gasteiger partial charge is 0.322 e. The average Bonchev–Trinajstić information content (AvgIpc) is 3.12. The first kappa shape index (κ1) is 17.6. The van der Waals surface area contributed by atoms with Crippen molar-refractivity contribution in [3.63, 3.8) is 0 Å². The minimum Gasteiger partial charge on any atom is -0.385 e. The second-order valence-corrected chi connectivity index (χ2v) is 8.28. The molecule has 0 saturated carbocycles. The zero-order valence-corrected chi connectivity index (χ0v) is 15.4. The third-order valence-electron chi connectivity index (χ3n) is 4.36. The second kappa shape index (κ2) is 5.93. The number of aliphatic hydroxyl groups is 1. The van der Waals surface area contributed by atoms with Gasteiger partial charge < -0.3 is 10.4 Å². The van der Waals surface area contributed by atoms with Gasteiger partial charge in [-0.15, -0.1) is 11.3 Å². The molecule has 2 aromatic rings. The zero-order chi connectivity index (χ0) is 18.4. The number of benzene rings is 1. The topological polar surface area (TPSA) is 91.3 Å². The van der Waals surface area contributed by atoms with Crippen LogP contribution in [0.25, 0.3) is 10.6 Å². The predicted molar refractivity (Wildman–Crippen MR) is 96.3 cm³/mol. The van der Waals surface area contributed by atoms with E-state index in [9.17, 15) is 14.7 Å². The normalized spacial score (nSPS) is 21.8. The fourth-order valence-corrected chi connectivity index (χ4v) is 3.69. The fraction of sp³-hybridized carbons (Fsp3) is 0.389. The van der Waals surface area contributed by atoms with Crippen LogP contribution in [0.15, 0.2) is 29.6 Å². The molecule has 1 fully saturated rings. The Morgan fingerprint density at radius 2 is 1.84 bits per heavy atom. The van der Waals surface area contributed by atoms with Crippen molar-refractivity contribution >= 4 is 23.3 Å². The summed E-state index contributed by atoms with van der Waals surface area (Å²) >= 11 is 1.57. The van der Waals surface area contributed by atoms with Crippen molar-refractivity contribution in [1.29, 1.82) is 0 Å². The molecule has 0 radical (unpaired) electrons. The van der Waals surface area contributed by atoms with Crippen LogP contribution in [-0.2, 0) is 10.2 Å². The van der Waals surface area contributed by atoms with Crippen molar-refractivity contribution in [3.8, 4) is 10.6 Å². The van der Waals surface area contributed by atoms with E-state index in [0.29, 0.717) is 5.56 Å². The second-order valence-electron chi connectivity index (χ2n) is 7.42. The van der Waals surface area contributed by atoms with Gasteiger partial charge in [0.25, 0.3) is 5.91 Å². The van der Waals surface area contributed by atoms with Crippen LogP contribution >= 0.6 is 11.3 Å². The number of nitrogens with zero attached hydrogens (tertiary/aromatic N) is 1. The SMILES string of the molecule is CC(C)(C)c1csc(-c2ccc(C(O)C3(C)NC(=O)NC3=O)cc2)n1. The molecule has 2 heterocycles. The molecule has 7 heteroatoms. The number of carbonyl (C=O) groups excluding carboxylic acids is 2. The Balaban J connectivity index is 1.84. The van der Waals surface area contributed by atoms with Gasteiger partial charge in [-0.3, -0.25) is 10.1 Å². The summed E-state index contributed by atoms with van der Waals surface area (Å²) in [5.41, 5.74) is 1.15. The molecule has 3 N–H and O–H groups in total. The molecule has 1 saturated heterocycles. The molecule has 1 aliphatic rings. The largest absolute Gasteiger partial charge is 0.385 e. The van der Waals surface area contributed by atoms with Gasteiger partial charge in [0.15, 0.2) is 0 Å². The fourth-order valence-electron chi connectivity index (χ4n) is 2.64. The van der Waals surface area contributed by atoms with Crippen LogP contribution in [-0.4, -0.2) is 27.6 Å². The van der Waals surface area contributed by atoms with Gasteiger partial charge >= 0.3 is 6.03 Å². The van der Waals surface area contributed by atoms with Crippen LogP contribution in [0.5, 0.6) is 0 Å². The van der Waals surface area contributed by atoms with Gasteiger partial charge in [-0.25, -0.2) is 9.78 Å². The summed E-state index contributed by atoms with van der Waals surface area (Å²) in [6.45, 7) is 7.86. The number of hydrogen-bond acceptors (Lipinski definition) is 5. The van der Waals surface area contributed by atoms with Crippen molar-refractivity contribution < 1.29 is 14.7 Å². The quantitative estimate of drug-likeness (QED) is 0.735. The van der Waals surface area contributed by atoms with Crippen LogP contribution in [0.1, 0.15) is 45.1 Å². The number of aromatic nitrogens is 1. The van der Waals surface area contributed by atoms with Crippen molar-refractivity contribution in [2.45, 2.75) is 44.8 Å². The highest BCUT2D eigenvalue weighted by molar-refractivity contribution is 7.13. The number of aliphatic hydroxyl groups excluding tert-OH is 1. The summed E-state index contributed by atoms with van der Waals surface area (Å²) in [4.78, 5) is 28.0. The van der Waals surface area contributed by atoms with E-state index in [-0.39, 0.29) is 5.41 Å². The summed E-state index contributed by atoms with van der Waals surface area (Å²) in [5.74, 6) is -0.538. The molecule has 2 atom stereocenters. The van der Waals surface area contributed by atoms with Gasteiger partial charge in [0.2, 0.25) is 0 Å². The molecule has 25 heavy (non-hydrogen) atoms. The standard InChI is InChI=1S/C18H21N3O3S/c1-17(2,3)12-9-25-14(19-12)11-7-5-10(6-8-11)13(22)18(4)15(23)20-16(24)21-18/h5-9,13,22H,1-4H3,(H2,20,21,23,24). The van der Waals surface area contributed by atoms with Gasteiger partial charge in [0.1, 0.15) is 16.7 Å². The minimum absolute atomic E-state index is 0.00643. The maximum absolute atomic E-state index is 11.9. The van der Waals surface area contributed by atoms with E-state index in [1.165, 1.54) is 6.92 Å². The number of rotatable bonds is 3. The summed E-state index contributed by atoms with van der Waals surface area (Å²) in [6.07, 6.45) is -1.14.